The van der Waals surface area contributed by atoms with Gasteiger partial charge in [0.05, 0.1) is 17.6 Å². The Morgan fingerprint density at radius 3 is 2.52 bits per heavy atom. The Hall–Kier alpha value is -1.80. The topological polar surface area (TPSA) is 63.2 Å². The van der Waals surface area contributed by atoms with Gasteiger partial charge < -0.3 is 0 Å². The normalized spacial score (nSPS) is 14.6. The number of hydrogen-bond donors (Lipinski definition) is 0. The fourth-order valence-electron chi connectivity index (χ4n) is 2.78. The van der Waals surface area contributed by atoms with Crippen LogP contribution in [0.1, 0.15) is 5.56 Å². The van der Waals surface area contributed by atoms with E-state index in [2.05, 4.69) is 9.97 Å². The number of rotatable bonds is 3. The van der Waals surface area contributed by atoms with Gasteiger partial charge in [-0.2, -0.15) is 0 Å². The average molecular weight is 438 g/mol. The van der Waals surface area contributed by atoms with Crippen LogP contribution in [0.4, 0.5) is 5.69 Å². The van der Waals surface area contributed by atoms with Crippen LogP contribution in [0, 0.1) is 0 Å². The molecule has 0 N–H and O–H groups in total. The molecule has 138 valence electrons. The van der Waals surface area contributed by atoms with Gasteiger partial charge in [-0.05, 0) is 35.9 Å². The standard InChI is InChI=1S/C18H13Cl2N3O2S2/c1-23-15-7-6-13(20)8-14(15)17-16(27(23,24)25)9-21-18(22-17)26-10-11-2-4-12(19)5-3-11/h2-9H,10H2,1H3. The average Bonchev–Trinajstić information content (AvgIpc) is 2.66. The predicted octanol–water partition coefficient (Wildman–Crippen LogP) is 4.88. The van der Waals surface area contributed by atoms with Crippen molar-refractivity contribution in [1.29, 1.82) is 0 Å². The summed E-state index contributed by atoms with van der Waals surface area (Å²) in [6.07, 6.45) is 1.36. The summed E-state index contributed by atoms with van der Waals surface area (Å²) in [4.78, 5) is 8.84. The minimum absolute atomic E-state index is 0.0793. The first-order chi connectivity index (χ1) is 12.9. The first-order valence-electron chi connectivity index (χ1n) is 7.89. The van der Waals surface area contributed by atoms with E-state index in [4.69, 9.17) is 23.2 Å². The van der Waals surface area contributed by atoms with Crippen molar-refractivity contribution >= 4 is 50.7 Å². The molecule has 0 saturated heterocycles. The molecule has 1 aliphatic rings. The summed E-state index contributed by atoms with van der Waals surface area (Å²) in [5.74, 6) is 0.644. The number of thioether (sulfide) groups is 1. The first kappa shape index (κ1) is 18.6. The Kier molecular flexibility index (Phi) is 4.80. The highest BCUT2D eigenvalue weighted by Gasteiger charge is 2.34. The number of nitrogens with zero attached hydrogens (tertiary/aromatic N) is 3. The number of benzene rings is 2. The van der Waals surface area contributed by atoms with Crippen LogP contribution in [0.5, 0.6) is 0 Å². The van der Waals surface area contributed by atoms with Gasteiger partial charge in [-0.25, -0.2) is 18.4 Å². The van der Waals surface area contributed by atoms with Crippen LogP contribution in [0.15, 0.2) is 58.7 Å². The zero-order valence-corrected chi connectivity index (χ0v) is 17.2. The lowest BCUT2D eigenvalue weighted by Gasteiger charge is -2.28. The second kappa shape index (κ2) is 6.98. The summed E-state index contributed by atoms with van der Waals surface area (Å²) in [6, 6.07) is 12.6. The molecule has 0 amide bonds. The van der Waals surface area contributed by atoms with E-state index in [-0.39, 0.29) is 4.90 Å². The van der Waals surface area contributed by atoms with Crippen LogP contribution in [-0.2, 0) is 15.8 Å². The molecule has 0 saturated carbocycles. The minimum atomic E-state index is -3.69. The molecule has 0 atom stereocenters. The molecule has 0 spiro atoms. The second-order valence-electron chi connectivity index (χ2n) is 5.91. The van der Waals surface area contributed by atoms with E-state index in [0.29, 0.717) is 37.9 Å². The van der Waals surface area contributed by atoms with E-state index in [0.717, 1.165) is 5.56 Å². The molecule has 27 heavy (non-hydrogen) atoms. The van der Waals surface area contributed by atoms with Crippen molar-refractivity contribution in [2.45, 2.75) is 15.8 Å². The maximum absolute atomic E-state index is 12.8. The fourth-order valence-corrected chi connectivity index (χ4v) is 5.15. The Bertz CT molecular complexity index is 1140. The molecular formula is C18H13Cl2N3O2S2. The van der Waals surface area contributed by atoms with Gasteiger partial charge in [-0.15, -0.1) is 0 Å². The number of anilines is 1. The number of sulfonamides is 1. The Morgan fingerprint density at radius 2 is 1.78 bits per heavy atom. The van der Waals surface area contributed by atoms with Crippen molar-refractivity contribution < 1.29 is 8.42 Å². The molecule has 5 nitrogen and oxygen atoms in total. The van der Waals surface area contributed by atoms with Crippen molar-refractivity contribution in [2.24, 2.45) is 0 Å². The first-order valence-corrected chi connectivity index (χ1v) is 11.1. The Labute approximate surface area is 171 Å². The van der Waals surface area contributed by atoms with Crippen LogP contribution >= 0.6 is 35.0 Å². The lowest BCUT2D eigenvalue weighted by Crippen LogP contribution is -2.31. The molecule has 1 aliphatic heterocycles. The molecule has 3 aromatic rings. The largest absolute Gasteiger partial charge is 0.269 e. The highest BCUT2D eigenvalue weighted by Crippen LogP contribution is 2.42. The van der Waals surface area contributed by atoms with Gasteiger partial charge in [0.1, 0.15) is 4.90 Å². The van der Waals surface area contributed by atoms with Crippen molar-refractivity contribution in [3.05, 3.63) is 64.3 Å². The third kappa shape index (κ3) is 3.40. The molecule has 0 bridgehead atoms. The van der Waals surface area contributed by atoms with Crippen molar-refractivity contribution in [3.8, 4) is 11.3 Å². The SMILES string of the molecule is CN1c2ccc(Cl)cc2-c2nc(SCc3ccc(Cl)cc3)ncc2S1(=O)=O. The van der Waals surface area contributed by atoms with Crippen LogP contribution < -0.4 is 4.31 Å². The number of hydrogen-bond acceptors (Lipinski definition) is 5. The zero-order chi connectivity index (χ0) is 19.2. The van der Waals surface area contributed by atoms with Gasteiger partial charge in [-0.3, -0.25) is 4.31 Å². The van der Waals surface area contributed by atoms with E-state index in [1.165, 1.54) is 29.3 Å². The minimum Gasteiger partial charge on any atom is -0.269 e. The maximum atomic E-state index is 12.8. The maximum Gasteiger partial charge on any atom is 0.267 e. The monoisotopic (exact) mass is 437 g/mol. The molecule has 0 fully saturated rings. The van der Waals surface area contributed by atoms with Crippen LogP contribution in [0.2, 0.25) is 10.0 Å². The molecule has 0 aliphatic carbocycles. The van der Waals surface area contributed by atoms with E-state index < -0.39 is 10.0 Å². The summed E-state index contributed by atoms with van der Waals surface area (Å²) < 4.78 is 26.8. The summed E-state index contributed by atoms with van der Waals surface area (Å²) in [6.45, 7) is 0. The third-order valence-corrected chi connectivity index (χ3v) is 7.40. The summed E-state index contributed by atoms with van der Waals surface area (Å²) in [7, 11) is -2.19. The molecule has 1 aromatic heterocycles. The highest BCUT2D eigenvalue weighted by molar-refractivity contribution is 7.98. The van der Waals surface area contributed by atoms with Crippen LogP contribution in [0.25, 0.3) is 11.3 Å². The van der Waals surface area contributed by atoms with Crippen LogP contribution in [0.3, 0.4) is 0 Å². The van der Waals surface area contributed by atoms with Gasteiger partial charge in [0.2, 0.25) is 0 Å². The smallest absolute Gasteiger partial charge is 0.267 e. The van der Waals surface area contributed by atoms with Crippen molar-refractivity contribution in [1.82, 2.24) is 9.97 Å². The molecule has 0 radical (unpaired) electrons. The lowest BCUT2D eigenvalue weighted by atomic mass is 10.1. The zero-order valence-electron chi connectivity index (χ0n) is 14.1. The summed E-state index contributed by atoms with van der Waals surface area (Å²) in [5, 5.41) is 1.69. The quantitative estimate of drug-likeness (QED) is 0.431. The lowest BCUT2D eigenvalue weighted by molar-refractivity contribution is 0.592. The summed E-state index contributed by atoms with van der Waals surface area (Å²) >= 11 is 13.5. The molecule has 0 unspecified atom stereocenters. The van der Waals surface area contributed by atoms with Gasteiger partial charge in [-0.1, -0.05) is 47.1 Å². The van der Waals surface area contributed by atoms with Crippen molar-refractivity contribution in [3.63, 3.8) is 0 Å². The summed E-state index contributed by atoms with van der Waals surface area (Å²) in [5.41, 5.74) is 2.66. The number of halogens is 2. The van der Waals surface area contributed by atoms with E-state index in [1.807, 2.05) is 24.3 Å². The second-order valence-corrected chi connectivity index (χ2v) is 9.67. The number of fused-ring (bicyclic) bond motifs is 3. The molecule has 2 heterocycles. The molecule has 4 rings (SSSR count). The van der Waals surface area contributed by atoms with Gasteiger partial charge in [0.25, 0.3) is 10.0 Å². The van der Waals surface area contributed by atoms with E-state index in [1.54, 1.807) is 18.2 Å². The van der Waals surface area contributed by atoms with Crippen molar-refractivity contribution in [2.75, 3.05) is 11.4 Å². The molecule has 9 heteroatoms. The van der Waals surface area contributed by atoms with Crippen LogP contribution in [-0.4, -0.2) is 25.4 Å². The number of aromatic nitrogens is 2. The fraction of sp³-hybridized carbons (Fsp3) is 0.111. The van der Waals surface area contributed by atoms with E-state index >= 15 is 0 Å². The molecule has 2 aromatic carbocycles. The third-order valence-electron chi connectivity index (χ3n) is 4.21. The van der Waals surface area contributed by atoms with Gasteiger partial charge >= 0.3 is 0 Å². The van der Waals surface area contributed by atoms with E-state index in [9.17, 15) is 8.42 Å². The highest BCUT2D eigenvalue weighted by atomic mass is 35.5. The predicted molar refractivity (Wildman–Crippen MR) is 109 cm³/mol. The Morgan fingerprint density at radius 1 is 1.07 bits per heavy atom. The Balaban J connectivity index is 1.74. The molecular weight excluding hydrogens is 425 g/mol. The van der Waals surface area contributed by atoms with Gasteiger partial charge in [0, 0.05) is 28.4 Å². The van der Waals surface area contributed by atoms with Gasteiger partial charge in [0.15, 0.2) is 5.16 Å².